The first-order valence-electron chi connectivity index (χ1n) is 10.0. The van der Waals surface area contributed by atoms with Crippen LogP contribution in [0.3, 0.4) is 0 Å². The third kappa shape index (κ3) is 5.34. The Labute approximate surface area is 162 Å². The summed E-state index contributed by atoms with van der Waals surface area (Å²) in [6, 6.07) is -0.0211. The molecule has 0 aromatic heterocycles. The van der Waals surface area contributed by atoms with Crippen LogP contribution in [0.15, 0.2) is 0 Å². The molecule has 3 amide bonds. The molecule has 2 heterocycles. The van der Waals surface area contributed by atoms with Gasteiger partial charge in [0.05, 0.1) is 6.61 Å². The minimum Gasteiger partial charge on any atom is -0.450 e. The van der Waals surface area contributed by atoms with Crippen LogP contribution in [0.5, 0.6) is 0 Å². The summed E-state index contributed by atoms with van der Waals surface area (Å²) in [5, 5.41) is 3.01. The van der Waals surface area contributed by atoms with E-state index in [1.165, 1.54) is 0 Å². The van der Waals surface area contributed by atoms with Crippen LogP contribution in [0.25, 0.3) is 0 Å². The standard InChI is InChI=1S/C19H34N4O4/c1-5-21-11-13-22(14-12-21)17(25)19(3,4)16(24)20-15-7-9-23(10-8-15)18(26)27-6-2/h15H,5-14H2,1-4H3,(H,20,24). The fourth-order valence-electron chi connectivity index (χ4n) is 3.55. The number of carbonyl (C=O) groups excluding carboxylic acids is 3. The van der Waals surface area contributed by atoms with Crippen molar-refractivity contribution >= 4 is 17.9 Å². The van der Waals surface area contributed by atoms with Crippen LogP contribution in [-0.2, 0) is 14.3 Å². The summed E-state index contributed by atoms with van der Waals surface area (Å²) < 4.78 is 5.01. The van der Waals surface area contributed by atoms with Gasteiger partial charge in [0.15, 0.2) is 0 Å². The molecule has 2 saturated heterocycles. The van der Waals surface area contributed by atoms with Gasteiger partial charge < -0.3 is 24.8 Å². The average molecular weight is 383 g/mol. The zero-order valence-electron chi connectivity index (χ0n) is 17.1. The van der Waals surface area contributed by atoms with Crippen LogP contribution in [0.4, 0.5) is 4.79 Å². The average Bonchev–Trinajstić information content (AvgIpc) is 2.68. The highest BCUT2D eigenvalue weighted by molar-refractivity contribution is 6.04. The Morgan fingerprint density at radius 1 is 0.963 bits per heavy atom. The number of amides is 3. The van der Waals surface area contributed by atoms with Crippen LogP contribution in [0.1, 0.15) is 40.5 Å². The maximum atomic E-state index is 12.9. The smallest absolute Gasteiger partial charge is 0.409 e. The van der Waals surface area contributed by atoms with Gasteiger partial charge in [0.25, 0.3) is 0 Å². The Balaban J connectivity index is 1.84. The monoisotopic (exact) mass is 382 g/mol. The van der Waals surface area contributed by atoms with Crippen molar-refractivity contribution in [1.29, 1.82) is 0 Å². The van der Waals surface area contributed by atoms with Crippen LogP contribution in [-0.4, -0.2) is 91.1 Å². The molecule has 1 N–H and O–H groups in total. The molecule has 0 unspecified atom stereocenters. The normalized spacial score (nSPS) is 19.7. The highest BCUT2D eigenvalue weighted by atomic mass is 16.6. The second-order valence-corrected chi connectivity index (χ2v) is 7.79. The van der Waals surface area contributed by atoms with E-state index in [1.807, 2.05) is 0 Å². The van der Waals surface area contributed by atoms with E-state index in [2.05, 4.69) is 17.1 Å². The number of piperazine rings is 1. The molecule has 0 atom stereocenters. The Kier molecular flexibility index (Phi) is 7.47. The Bertz CT molecular complexity index is 536. The van der Waals surface area contributed by atoms with E-state index in [9.17, 15) is 14.4 Å². The Hall–Kier alpha value is -1.83. The number of hydrogen-bond acceptors (Lipinski definition) is 5. The van der Waals surface area contributed by atoms with Gasteiger partial charge in [0.2, 0.25) is 11.8 Å². The second-order valence-electron chi connectivity index (χ2n) is 7.79. The fraction of sp³-hybridized carbons (Fsp3) is 0.842. The summed E-state index contributed by atoms with van der Waals surface area (Å²) in [6.45, 7) is 12.8. The van der Waals surface area contributed by atoms with Crippen molar-refractivity contribution in [3.63, 3.8) is 0 Å². The number of ether oxygens (including phenoxy) is 1. The number of likely N-dealkylation sites (tertiary alicyclic amines) is 1. The maximum Gasteiger partial charge on any atom is 0.409 e. The van der Waals surface area contributed by atoms with E-state index in [-0.39, 0.29) is 23.9 Å². The predicted octanol–water partition coefficient (Wildman–Crippen LogP) is 0.914. The molecule has 8 heteroatoms. The Morgan fingerprint density at radius 2 is 1.56 bits per heavy atom. The summed E-state index contributed by atoms with van der Waals surface area (Å²) in [6.07, 6.45) is 1.04. The third-order valence-electron chi connectivity index (χ3n) is 5.57. The van der Waals surface area contributed by atoms with E-state index < -0.39 is 5.41 Å². The summed E-state index contributed by atoms with van der Waals surface area (Å²) in [5.41, 5.74) is -1.09. The molecule has 0 aliphatic carbocycles. The van der Waals surface area contributed by atoms with E-state index in [1.54, 1.807) is 30.6 Å². The van der Waals surface area contributed by atoms with Gasteiger partial charge in [0, 0.05) is 45.3 Å². The lowest BCUT2D eigenvalue weighted by Crippen LogP contribution is -2.57. The molecule has 154 valence electrons. The molecular weight excluding hydrogens is 348 g/mol. The zero-order chi connectivity index (χ0) is 20.0. The minimum absolute atomic E-state index is 0.0211. The molecule has 2 fully saturated rings. The number of hydrogen-bond donors (Lipinski definition) is 1. The largest absolute Gasteiger partial charge is 0.450 e. The molecular formula is C19H34N4O4. The van der Waals surface area contributed by atoms with Gasteiger partial charge in [-0.15, -0.1) is 0 Å². The second kappa shape index (κ2) is 9.39. The molecule has 0 bridgehead atoms. The Morgan fingerprint density at radius 3 is 2.07 bits per heavy atom. The maximum absolute atomic E-state index is 12.9. The van der Waals surface area contributed by atoms with Gasteiger partial charge >= 0.3 is 6.09 Å². The van der Waals surface area contributed by atoms with E-state index in [0.29, 0.717) is 45.6 Å². The quantitative estimate of drug-likeness (QED) is 0.715. The van der Waals surface area contributed by atoms with Crippen molar-refractivity contribution in [1.82, 2.24) is 20.0 Å². The zero-order valence-corrected chi connectivity index (χ0v) is 17.1. The molecule has 0 aromatic rings. The molecule has 0 spiro atoms. The highest BCUT2D eigenvalue weighted by Crippen LogP contribution is 2.22. The van der Waals surface area contributed by atoms with Crippen LogP contribution in [0.2, 0.25) is 0 Å². The molecule has 27 heavy (non-hydrogen) atoms. The van der Waals surface area contributed by atoms with Crippen molar-refractivity contribution < 1.29 is 19.1 Å². The van der Waals surface area contributed by atoms with Crippen molar-refractivity contribution in [2.45, 2.75) is 46.6 Å². The number of carbonyl (C=O) groups is 3. The summed E-state index contributed by atoms with van der Waals surface area (Å²) >= 11 is 0. The van der Waals surface area contributed by atoms with Gasteiger partial charge in [0.1, 0.15) is 5.41 Å². The number of rotatable bonds is 5. The first-order valence-corrected chi connectivity index (χ1v) is 10.0. The number of nitrogens with zero attached hydrogens (tertiary/aromatic N) is 3. The predicted molar refractivity (Wildman–Crippen MR) is 102 cm³/mol. The van der Waals surface area contributed by atoms with Crippen molar-refractivity contribution in [3.8, 4) is 0 Å². The summed E-state index contributed by atoms with van der Waals surface area (Å²) in [5.74, 6) is -0.347. The topological polar surface area (TPSA) is 82.2 Å². The van der Waals surface area contributed by atoms with Gasteiger partial charge in [-0.05, 0) is 40.2 Å². The highest BCUT2D eigenvalue weighted by Gasteiger charge is 2.41. The van der Waals surface area contributed by atoms with Crippen molar-refractivity contribution in [2.75, 3.05) is 52.4 Å². The van der Waals surface area contributed by atoms with E-state index >= 15 is 0 Å². The lowest BCUT2D eigenvalue weighted by atomic mass is 9.89. The first kappa shape index (κ1) is 21.5. The number of nitrogens with one attached hydrogen (secondary N) is 1. The van der Waals surface area contributed by atoms with Gasteiger partial charge in [-0.25, -0.2) is 4.79 Å². The van der Waals surface area contributed by atoms with E-state index in [4.69, 9.17) is 4.74 Å². The number of likely N-dealkylation sites (N-methyl/N-ethyl adjacent to an activating group) is 1. The van der Waals surface area contributed by atoms with Gasteiger partial charge in [-0.1, -0.05) is 6.92 Å². The van der Waals surface area contributed by atoms with Crippen LogP contribution in [0, 0.1) is 5.41 Å². The molecule has 0 radical (unpaired) electrons. The molecule has 8 nitrogen and oxygen atoms in total. The molecule has 2 rings (SSSR count). The van der Waals surface area contributed by atoms with Crippen molar-refractivity contribution in [3.05, 3.63) is 0 Å². The first-order chi connectivity index (χ1) is 12.8. The van der Waals surface area contributed by atoms with E-state index in [0.717, 1.165) is 19.6 Å². The van der Waals surface area contributed by atoms with Gasteiger partial charge in [-0.3, -0.25) is 9.59 Å². The van der Waals surface area contributed by atoms with Crippen LogP contribution >= 0.6 is 0 Å². The summed E-state index contributed by atoms with van der Waals surface area (Å²) in [7, 11) is 0. The summed E-state index contributed by atoms with van der Waals surface area (Å²) in [4.78, 5) is 43.2. The molecule has 2 aliphatic rings. The fourth-order valence-corrected chi connectivity index (χ4v) is 3.55. The molecule has 0 aromatic carbocycles. The van der Waals surface area contributed by atoms with Gasteiger partial charge in [-0.2, -0.15) is 0 Å². The molecule has 2 aliphatic heterocycles. The van der Waals surface area contributed by atoms with Crippen LogP contribution < -0.4 is 5.32 Å². The minimum atomic E-state index is -1.09. The lowest BCUT2D eigenvalue weighted by Gasteiger charge is -2.38. The number of piperidine rings is 1. The lowest BCUT2D eigenvalue weighted by molar-refractivity contribution is -0.150. The SMILES string of the molecule is CCOC(=O)N1CCC(NC(=O)C(C)(C)C(=O)N2CCN(CC)CC2)CC1. The molecule has 0 saturated carbocycles. The third-order valence-corrected chi connectivity index (χ3v) is 5.57. The van der Waals surface area contributed by atoms with Crippen molar-refractivity contribution in [2.24, 2.45) is 5.41 Å².